The number of rotatable bonds is 4. The lowest BCUT2D eigenvalue weighted by Gasteiger charge is -2.06. The van der Waals surface area contributed by atoms with E-state index in [9.17, 15) is 9.90 Å². The Morgan fingerprint density at radius 1 is 1.27 bits per heavy atom. The van der Waals surface area contributed by atoms with Gasteiger partial charge in [0.15, 0.2) is 12.3 Å². The van der Waals surface area contributed by atoms with Crippen molar-refractivity contribution in [3.05, 3.63) is 50.4 Å². The smallest absolute Gasteiger partial charge is 0.302 e. The number of aromatic hydroxyl groups is 1. The summed E-state index contributed by atoms with van der Waals surface area (Å²) < 4.78 is 6.08. The van der Waals surface area contributed by atoms with Gasteiger partial charge in [0, 0.05) is 19.9 Å². The third-order valence-corrected chi connectivity index (χ3v) is 4.61. The number of aromatic amines is 1. The fourth-order valence-corrected chi connectivity index (χ4v) is 3.48. The minimum absolute atomic E-state index is 0.124. The van der Waals surface area contributed by atoms with Gasteiger partial charge in [0.25, 0.3) is 0 Å². The lowest BCUT2D eigenvalue weighted by Crippen LogP contribution is -2.08. The molecular weight excluding hydrogens is 445 g/mol. The van der Waals surface area contributed by atoms with Gasteiger partial charge in [-0.1, -0.05) is 23.2 Å². The van der Waals surface area contributed by atoms with Gasteiger partial charge in [-0.15, -0.1) is 10.2 Å². The summed E-state index contributed by atoms with van der Waals surface area (Å²) in [6, 6.07) is 8.36. The van der Waals surface area contributed by atoms with Gasteiger partial charge < -0.3 is 14.8 Å². The molecule has 2 aromatic carbocycles. The number of hydrogen-bond donors (Lipinski definition) is 2. The molecule has 1 amide bonds. The van der Waals surface area contributed by atoms with Crippen LogP contribution in [0.5, 0.6) is 11.6 Å². The molecule has 0 bridgehead atoms. The van der Waals surface area contributed by atoms with Crippen molar-refractivity contribution in [2.24, 2.45) is 10.2 Å². The number of hydrogen-bond acceptors (Lipinski definition) is 4. The number of ether oxygens (including phenoxy) is 1. The molecule has 0 aliphatic heterocycles. The highest BCUT2D eigenvalue weighted by Gasteiger charge is 2.14. The molecule has 0 radical (unpaired) electrons. The Hall–Kier alpha value is -2.09. The van der Waals surface area contributed by atoms with Crippen LogP contribution < -0.4 is 4.74 Å². The van der Waals surface area contributed by atoms with Crippen LogP contribution in [0.3, 0.4) is 0 Å². The highest BCUT2D eigenvalue weighted by atomic mass is 79.9. The van der Waals surface area contributed by atoms with E-state index in [1.165, 1.54) is 0 Å². The molecule has 3 aromatic rings. The minimum atomic E-state index is -0.603. The predicted octanol–water partition coefficient (Wildman–Crippen LogP) is 5.94. The second-order valence-corrected chi connectivity index (χ2v) is 7.15. The van der Waals surface area contributed by atoms with E-state index in [4.69, 9.17) is 27.9 Å². The summed E-state index contributed by atoms with van der Waals surface area (Å²) in [5.74, 6) is -0.285. The van der Waals surface area contributed by atoms with Crippen LogP contribution in [-0.4, -0.2) is 22.6 Å². The van der Waals surface area contributed by atoms with Gasteiger partial charge in [-0.25, -0.2) is 0 Å². The highest BCUT2D eigenvalue weighted by Crippen LogP contribution is 2.40. The fraction of sp³-hybridized carbons (Fsp3) is 0.118. The van der Waals surface area contributed by atoms with E-state index in [-0.39, 0.29) is 18.2 Å². The number of H-pyrrole nitrogens is 1. The Balaban J connectivity index is 1.76. The lowest BCUT2D eigenvalue weighted by molar-refractivity contribution is -0.120. The van der Waals surface area contributed by atoms with E-state index in [2.05, 4.69) is 31.1 Å². The molecule has 26 heavy (non-hydrogen) atoms. The van der Waals surface area contributed by atoms with Gasteiger partial charge in [0.05, 0.1) is 5.52 Å². The highest BCUT2D eigenvalue weighted by molar-refractivity contribution is 9.10. The van der Waals surface area contributed by atoms with E-state index in [0.717, 1.165) is 5.56 Å². The molecule has 0 spiro atoms. The first-order valence-electron chi connectivity index (χ1n) is 7.38. The summed E-state index contributed by atoms with van der Waals surface area (Å²) in [6.07, 6.45) is 0. The maximum atomic E-state index is 11.9. The van der Waals surface area contributed by atoms with Crippen molar-refractivity contribution in [3.8, 4) is 11.6 Å². The van der Waals surface area contributed by atoms with Crippen LogP contribution in [0.2, 0.25) is 10.0 Å². The van der Waals surface area contributed by atoms with Gasteiger partial charge in [-0.3, -0.25) is 4.79 Å². The molecule has 134 valence electrons. The Labute approximate surface area is 166 Å². The SMILES string of the molecule is Cc1cc(Cl)ccc1OCC(=O)N=Nc1c(O)[nH]c2c(Br)cc(Cl)cc12. The summed E-state index contributed by atoms with van der Waals surface area (Å²) >= 11 is 15.2. The molecule has 3 rings (SSSR count). The van der Waals surface area contributed by atoms with Crippen molar-refractivity contribution in [1.82, 2.24) is 4.98 Å². The average molecular weight is 457 g/mol. The maximum Gasteiger partial charge on any atom is 0.302 e. The summed E-state index contributed by atoms with van der Waals surface area (Å²) in [6.45, 7) is 1.53. The number of fused-ring (bicyclic) bond motifs is 1. The zero-order chi connectivity index (χ0) is 18.8. The topological polar surface area (TPSA) is 87.0 Å². The van der Waals surface area contributed by atoms with Gasteiger partial charge >= 0.3 is 5.91 Å². The fourth-order valence-electron chi connectivity index (χ4n) is 2.34. The molecule has 6 nitrogen and oxygen atoms in total. The van der Waals surface area contributed by atoms with Crippen LogP contribution in [0.4, 0.5) is 5.69 Å². The Morgan fingerprint density at radius 3 is 2.77 bits per heavy atom. The van der Waals surface area contributed by atoms with Gasteiger partial charge in [-0.2, -0.15) is 0 Å². The van der Waals surface area contributed by atoms with Gasteiger partial charge in [0.1, 0.15) is 5.75 Å². The van der Waals surface area contributed by atoms with E-state index < -0.39 is 5.91 Å². The summed E-state index contributed by atoms with van der Waals surface area (Å²) in [4.78, 5) is 14.7. The van der Waals surface area contributed by atoms with Crippen LogP contribution in [0.1, 0.15) is 5.56 Å². The molecule has 0 saturated carbocycles. The number of aromatic nitrogens is 1. The average Bonchev–Trinajstić information content (AvgIpc) is 2.88. The third-order valence-electron chi connectivity index (χ3n) is 3.53. The minimum Gasteiger partial charge on any atom is -0.493 e. The first kappa shape index (κ1) is 18.7. The summed E-state index contributed by atoms with van der Waals surface area (Å²) in [7, 11) is 0. The van der Waals surface area contributed by atoms with E-state index in [1.807, 2.05) is 6.92 Å². The van der Waals surface area contributed by atoms with Gasteiger partial charge in [-0.05, 0) is 58.7 Å². The molecule has 1 aromatic heterocycles. The number of nitrogens with one attached hydrogen (secondary N) is 1. The number of amides is 1. The van der Waals surface area contributed by atoms with Crippen LogP contribution >= 0.6 is 39.1 Å². The number of nitrogens with zero attached hydrogens (tertiary/aromatic N) is 2. The second-order valence-electron chi connectivity index (χ2n) is 5.42. The second kappa shape index (κ2) is 7.65. The number of halogens is 3. The molecule has 1 heterocycles. The number of carbonyl (C=O) groups is 1. The number of benzene rings is 2. The molecule has 0 aliphatic carbocycles. The summed E-state index contributed by atoms with van der Waals surface area (Å²) in [5.41, 5.74) is 1.52. The van der Waals surface area contributed by atoms with Gasteiger partial charge in [0.2, 0.25) is 5.88 Å². The van der Waals surface area contributed by atoms with Crippen LogP contribution in [0.25, 0.3) is 10.9 Å². The van der Waals surface area contributed by atoms with Crippen molar-refractivity contribution < 1.29 is 14.6 Å². The van der Waals surface area contributed by atoms with Crippen molar-refractivity contribution in [2.45, 2.75) is 6.92 Å². The number of carbonyl (C=O) groups excluding carboxylic acids is 1. The maximum absolute atomic E-state index is 11.9. The monoisotopic (exact) mass is 455 g/mol. The zero-order valence-corrected chi connectivity index (χ0v) is 16.5. The van der Waals surface area contributed by atoms with Crippen LogP contribution in [0, 0.1) is 6.92 Å². The Morgan fingerprint density at radius 2 is 2.04 bits per heavy atom. The first-order chi connectivity index (χ1) is 12.3. The van der Waals surface area contributed by atoms with Crippen molar-refractivity contribution in [1.29, 1.82) is 0 Å². The first-order valence-corrected chi connectivity index (χ1v) is 8.93. The lowest BCUT2D eigenvalue weighted by atomic mass is 10.2. The normalized spacial score (nSPS) is 11.4. The quantitative estimate of drug-likeness (QED) is 0.476. The summed E-state index contributed by atoms with van der Waals surface area (Å²) in [5, 5.41) is 19.0. The molecule has 0 aliphatic rings. The van der Waals surface area contributed by atoms with Crippen LogP contribution in [-0.2, 0) is 4.79 Å². The molecule has 0 unspecified atom stereocenters. The molecule has 0 atom stereocenters. The standard InChI is InChI=1S/C17H12BrCl2N3O3/c1-8-4-9(19)2-3-13(8)26-7-14(24)22-23-16-11-5-10(20)6-12(18)15(11)21-17(16)25/h2-6,21,25H,7H2,1H3. The number of aryl methyl sites for hydroxylation is 1. The van der Waals surface area contributed by atoms with Crippen molar-refractivity contribution in [3.63, 3.8) is 0 Å². The molecule has 9 heteroatoms. The van der Waals surface area contributed by atoms with E-state index >= 15 is 0 Å². The van der Waals surface area contributed by atoms with E-state index in [0.29, 0.717) is 31.2 Å². The van der Waals surface area contributed by atoms with Crippen LogP contribution in [0.15, 0.2) is 45.0 Å². The van der Waals surface area contributed by atoms with Crippen molar-refractivity contribution >= 4 is 61.6 Å². The molecule has 2 N–H and O–H groups in total. The Bertz CT molecular complexity index is 1030. The molecule has 0 saturated heterocycles. The largest absolute Gasteiger partial charge is 0.493 e. The molecular formula is C17H12BrCl2N3O3. The number of azo groups is 1. The Kier molecular flexibility index (Phi) is 5.50. The van der Waals surface area contributed by atoms with E-state index in [1.54, 1.807) is 30.3 Å². The molecule has 0 fully saturated rings. The van der Waals surface area contributed by atoms with Crippen molar-refractivity contribution in [2.75, 3.05) is 6.61 Å². The predicted molar refractivity (Wildman–Crippen MR) is 104 cm³/mol. The zero-order valence-electron chi connectivity index (χ0n) is 13.4. The third kappa shape index (κ3) is 4.00.